The van der Waals surface area contributed by atoms with Crippen LogP contribution < -0.4 is 5.32 Å². The van der Waals surface area contributed by atoms with E-state index in [1.165, 1.54) is 0 Å². The average molecular weight is 494 g/mol. The molecule has 1 atom stereocenters. The Hall–Kier alpha value is -1.39. The highest BCUT2D eigenvalue weighted by Crippen LogP contribution is 2.13. The first-order valence-electron chi connectivity index (χ1n) is 8.13. The molecule has 2 aromatic rings. The SMILES string of the molecule is CCOC(C)c1noc(CNC(=NC)N(C)Cc2ccc(Cl)cc2)n1.I. The van der Waals surface area contributed by atoms with E-state index in [0.717, 1.165) is 16.5 Å². The second kappa shape index (κ2) is 11.3. The standard InChI is InChI=1S/C17H24ClN5O2.HI/c1-5-24-12(2)16-21-15(25-22-16)10-20-17(19-3)23(4)11-13-6-8-14(18)9-7-13;/h6-9,12H,5,10-11H2,1-4H3,(H,19,20);1H. The Morgan fingerprint density at radius 3 is 2.69 bits per heavy atom. The second-order valence-corrected chi connectivity index (χ2v) is 5.96. The van der Waals surface area contributed by atoms with E-state index in [2.05, 4.69) is 20.4 Å². The Kier molecular flexibility index (Phi) is 9.89. The Labute approximate surface area is 176 Å². The summed E-state index contributed by atoms with van der Waals surface area (Å²) >= 11 is 5.92. The Balaban J connectivity index is 0.00000338. The van der Waals surface area contributed by atoms with E-state index in [1.54, 1.807) is 7.05 Å². The Morgan fingerprint density at radius 1 is 1.38 bits per heavy atom. The van der Waals surface area contributed by atoms with E-state index in [4.69, 9.17) is 20.9 Å². The molecule has 0 fully saturated rings. The molecule has 0 saturated heterocycles. The summed E-state index contributed by atoms with van der Waals surface area (Å²) < 4.78 is 10.7. The molecule has 0 saturated carbocycles. The molecule has 0 spiro atoms. The fourth-order valence-electron chi connectivity index (χ4n) is 2.31. The molecular weight excluding hydrogens is 469 g/mol. The van der Waals surface area contributed by atoms with Gasteiger partial charge in [0.2, 0.25) is 5.89 Å². The summed E-state index contributed by atoms with van der Waals surface area (Å²) in [5, 5.41) is 7.88. The molecule has 0 aliphatic rings. The van der Waals surface area contributed by atoms with E-state index >= 15 is 0 Å². The van der Waals surface area contributed by atoms with Crippen molar-refractivity contribution in [2.24, 2.45) is 4.99 Å². The number of hydrogen-bond donors (Lipinski definition) is 1. The molecule has 0 aliphatic carbocycles. The smallest absolute Gasteiger partial charge is 0.246 e. The normalized spacial score (nSPS) is 12.4. The number of hydrogen-bond acceptors (Lipinski definition) is 5. The lowest BCUT2D eigenvalue weighted by Gasteiger charge is -2.21. The highest BCUT2D eigenvalue weighted by molar-refractivity contribution is 14.0. The van der Waals surface area contributed by atoms with Gasteiger partial charge in [0.1, 0.15) is 6.10 Å². The summed E-state index contributed by atoms with van der Waals surface area (Å²) in [6.45, 7) is 5.52. The van der Waals surface area contributed by atoms with Crippen LogP contribution in [0.3, 0.4) is 0 Å². The van der Waals surface area contributed by atoms with Crippen molar-refractivity contribution in [3.63, 3.8) is 0 Å². The summed E-state index contributed by atoms with van der Waals surface area (Å²) in [5.74, 6) is 1.76. The minimum absolute atomic E-state index is 0. The van der Waals surface area contributed by atoms with Crippen LogP contribution in [-0.2, 0) is 17.8 Å². The predicted molar refractivity (Wildman–Crippen MR) is 113 cm³/mol. The van der Waals surface area contributed by atoms with E-state index in [9.17, 15) is 0 Å². The molecule has 2 rings (SSSR count). The molecule has 0 bridgehead atoms. The topological polar surface area (TPSA) is 75.8 Å². The molecule has 26 heavy (non-hydrogen) atoms. The van der Waals surface area contributed by atoms with E-state index in [-0.39, 0.29) is 30.1 Å². The molecule has 144 valence electrons. The van der Waals surface area contributed by atoms with Crippen LogP contribution in [0.15, 0.2) is 33.8 Å². The molecule has 1 aromatic carbocycles. The number of ether oxygens (including phenoxy) is 1. The van der Waals surface area contributed by atoms with Gasteiger partial charge in [-0.05, 0) is 31.5 Å². The zero-order valence-electron chi connectivity index (χ0n) is 15.4. The number of benzene rings is 1. The summed E-state index contributed by atoms with van der Waals surface area (Å²) in [4.78, 5) is 10.6. The molecule has 1 aromatic heterocycles. The molecule has 1 N–H and O–H groups in total. The number of rotatable bonds is 7. The van der Waals surface area contributed by atoms with Crippen LogP contribution in [0, 0.1) is 0 Å². The molecule has 0 aliphatic heterocycles. The lowest BCUT2D eigenvalue weighted by Crippen LogP contribution is -2.38. The Bertz CT molecular complexity index is 693. The number of guanidine groups is 1. The third-order valence-corrected chi connectivity index (χ3v) is 3.82. The zero-order valence-corrected chi connectivity index (χ0v) is 18.5. The van der Waals surface area contributed by atoms with Gasteiger partial charge in [-0.2, -0.15) is 4.98 Å². The molecule has 0 amide bonds. The number of aliphatic imine (C=N–C) groups is 1. The quantitative estimate of drug-likeness (QED) is 0.361. The van der Waals surface area contributed by atoms with Crippen LogP contribution in [-0.4, -0.2) is 41.7 Å². The van der Waals surface area contributed by atoms with E-state index in [1.807, 2.05) is 50.1 Å². The summed E-state index contributed by atoms with van der Waals surface area (Å²) in [6.07, 6.45) is -0.186. The van der Waals surface area contributed by atoms with Crippen molar-refractivity contribution in [1.82, 2.24) is 20.4 Å². The van der Waals surface area contributed by atoms with Gasteiger partial charge in [-0.25, -0.2) is 0 Å². The average Bonchev–Trinajstić information content (AvgIpc) is 3.07. The van der Waals surface area contributed by atoms with Gasteiger partial charge in [-0.1, -0.05) is 28.9 Å². The van der Waals surface area contributed by atoms with Gasteiger partial charge in [0.05, 0.1) is 6.54 Å². The Morgan fingerprint density at radius 2 is 2.08 bits per heavy atom. The first-order valence-corrected chi connectivity index (χ1v) is 8.51. The van der Waals surface area contributed by atoms with Crippen molar-refractivity contribution < 1.29 is 9.26 Å². The van der Waals surface area contributed by atoms with Crippen molar-refractivity contribution in [3.8, 4) is 0 Å². The van der Waals surface area contributed by atoms with Crippen LogP contribution in [0.4, 0.5) is 0 Å². The number of nitrogens with one attached hydrogen (secondary N) is 1. The van der Waals surface area contributed by atoms with Crippen molar-refractivity contribution in [3.05, 3.63) is 46.6 Å². The van der Waals surface area contributed by atoms with Crippen LogP contribution in [0.1, 0.15) is 37.2 Å². The zero-order chi connectivity index (χ0) is 18.2. The van der Waals surface area contributed by atoms with Gasteiger partial charge in [-0.3, -0.25) is 4.99 Å². The van der Waals surface area contributed by atoms with Crippen molar-refractivity contribution in [2.75, 3.05) is 20.7 Å². The minimum atomic E-state index is -0.186. The highest BCUT2D eigenvalue weighted by Gasteiger charge is 2.14. The van der Waals surface area contributed by atoms with Gasteiger partial charge < -0.3 is 19.5 Å². The first-order chi connectivity index (χ1) is 12.0. The molecule has 1 heterocycles. The number of aromatic nitrogens is 2. The molecule has 7 nitrogen and oxygen atoms in total. The fourth-order valence-corrected chi connectivity index (χ4v) is 2.43. The molecular formula is C17H25ClIN5O2. The fraction of sp³-hybridized carbons (Fsp3) is 0.471. The highest BCUT2D eigenvalue weighted by atomic mass is 127. The van der Waals surface area contributed by atoms with Crippen LogP contribution in [0.25, 0.3) is 0 Å². The summed E-state index contributed by atoms with van der Waals surface area (Å²) in [5.41, 5.74) is 1.14. The van der Waals surface area contributed by atoms with Gasteiger partial charge in [-0.15, -0.1) is 24.0 Å². The van der Waals surface area contributed by atoms with Gasteiger partial charge in [0, 0.05) is 32.3 Å². The van der Waals surface area contributed by atoms with Gasteiger partial charge in [0.25, 0.3) is 0 Å². The van der Waals surface area contributed by atoms with Crippen LogP contribution in [0.2, 0.25) is 5.02 Å². The predicted octanol–water partition coefficient (Wildman–Crippen LogP) is 3.65. The van der Waals surface area contributed by atoms with E-state index in [0.29, 0.717) is 31.4 Å². The van der Waals surface area contributed by atoms with Crippen molar-refractivity contribution >= 4 is 41.5 Å². The van der Waals surface area contributed by atoms with Crippen LogP contribution in [0.5, 0.6) is 0 Å². The second-order valence-electron chi connectivity index (χ2n) is 5.53. The third kappa shape index (κ3) is 6.73. The van der Waals surface area contributed by atoms with E-state index < -0.39 is 0 Å². The van der Waals surface area contributed by atoms with Gasteiger partial charge in [0.15, 0.2) is 11.8 Å². The van der Waals surface area contributed by atoms with Crippen LogP contribution >= 0.6 is 35.6 Å². The maximum atomic E-state index is 5.92. The lowest BCUT2D eigenvalue weighted by atomic mass is 10.2. The molecule has 1 unspecified atom stereocenters. The summed E-state index contributed by atoms with van der Waals surface area (Å²) in [7, 11) is 3.69. The minimum Gasteiger partial charge on any atom is -0.371 e. The first kappa shape index (κ1) is 22.7. The molecule has 9 heteroatoms. The maximum Gasteiger partial charge on any atom is 0.246 e. The van der Waals surface area contributed by atoms with Gasteiger partial charge >= 0.3 is 0 Å². The number of halogens is 2. The number of nitrogens with zero attached hydrogens (tertiary/aromatic N) is 4. The largest absolute Gasteiger partial charge is 0.371 e. The van der Waals surface area contributed by atoms with Crippen molar-refractivity contribution in [2.45, 2.75) is 33.0 Å². The van der Waals surface area contributed by atoms with Crippen molar-refractivity contribution in [1.29, 1.82) is 0 Å². The summed E-state index contributed by atoms with van der Waals surface area (Å²) in [6, 6.07) is 7.73. The maximum absolute atomic E-state index is 5.92. The molecule has 0 radical (unpaired) electrons. The monoisotopic (exact) mass is 493 g/mol. The lowest BCUT2D eigenvalue weighted by molar-refractivity contribution is 0.0683. The third-order valence-electron chi connectivity index (χ3n) is 3.57.